The molecule has 1 aromatic carbocycles. The second-order valence-electron chi connectivity index (χ2n) is 3.91. The molecule has 0 radical (unpaired) electrons. The first-order valence-corrected chi connectivity index (χ1v) is 6.55. The van der Waals surface area contributed by atoms with Gasteiger partial charge in [0.25, 0.3) is 0 Å². The Morgan fingerprint density at radius 3 is 2.82 bits per heavy atom. The van der Waals surface area contributed by atoms with Gasteiger partial charge in [-0.3, -0.25) is 0 Å². The van der Waals surface area contributed by atoms with Crippen LogP contribution in [0.5, 0.6) is 0 Å². The van der Waals surface area contributed by atoms with Crippen molar-refractivity contribution in [3.8, 4) is 11.1 Å². The van der Waals surface area contributed by atoms with Gasteiger partial charge in [0.15, 0.2) is 0 Å². The molecule has 0 aliphatic rings. The lowest BCUT2D eigenvalue weighted by Crippen LogP contribution is -2.02. The van der Waals surface area contributed by atoms with Gasteiger partial charge in [-0.2, -0.15) is 0 Å². The maximum atomic E-state index is 13.3. The predicted molar refractivity (Wildman–Crippen MR) is 72.2 cm³/mol. The van der Waals surface area contributed by atoms with Gasteiger partial charge in [-0.05, 0) is 48.7 Å². The Bertz CT molecular complexity index is 536. The standard InChI is InChI=1S/C13H13ClFNS/c1-8-3-11(12(14)5-13(8)15)9-4-10(6-16-2)17-7-9/h3-5,7,16H,6H2,1-2H3. The molecule has 1 heterocycles. The Balaban J connectivity index is 2.41. The fourth-order valence-electron chi connectivity index (χ4n) is 1.67. The van der Waals surface area contributed by atoms with Gasteiger partial charge in [0.1, 0.15) is 5.82 Å². The Hall–Kier alpha value is -0.900. The summed E-state index contributed by atoms with van der Waals surface area (Å²) in [4.78, 5) is 1.24. The molecule has 1 N–H and O–H groups in total. The average molecular weight is 270 g/mol. The van der Waals surface area contributed by atoms with Crippen LogP contribution in [0.3, 0.4) is 0 Å². The number of hydrogen-bond donors (Lipinski definition) is 1. The van der Waals surface area contributed by atoms with Crippen molar-refractivity contribution in [2.24, 2.45) is 0 Å². The lowest BCUT2D eigenvalue weighted by Gasteiger charge is -2.04. The third-order valence-electron chi connectivity index (χ3n) is 2.56. The quantitative estimate of drug-likeness (QED) is 0.879. The smallest absolute Gasteiger partial charge is 0.127 e. The lowest BCUT2D eigenvalue weighted by atomic mass is 10.1. The van der Waals surface area contributed by atoms with Crippen LogP contribution in [0.25, 0.3) is 11.1 Å². The van der Waals surface area contributed by atoms with Crippen molar-refractivity contribution in [2.75, 3.05) is 7.05 Å². The first-order valence-electron chi connectivity index (χ1n) is 5.30. The summed E-state index contributed by atoms with van der Waals surface area (Å²) in [5.41, 5.74) is 2.56. The fourth-order valence-corrected chi connectivity index (χ4v) is 2.82. The molecule has 0 fully saturated rings. The number of halogens is 2. The molecular weight excluding hydrogens is 257 g/mol. The van der Waals surface area contributed by atoms with Crippen LogP contribution >= 0.6 is 22.9 Å². The maximum Gasteiger partial charge on any atom is 0.127 e. The van der Waals surface area contributed by atoms with Crippen molar-refractivity contribution in [3.05, 3.63) is 44.9 Å². The van der Waals surface area contributed by atoms with E-state index < -0.39 is 0 Å². The van der Waals surface area contributed by atoms with E-state index in [2.05, 4.69) is 11.4 Å². The highest BCUT2D eigenvalue weighted by atomic mass is 35.5. The Morgan fingerprint density at radius 1 is 1.35 bits per heavy atom. The van der Waals surface area contributed by atoms with E-state index in [1.165, 1.54) is 10.9 Å². The molecule has 4 heteroatoms. The summed E-state index contributed by atoms with van der Waals surface area (Å²) in [5, 5.41) is 5.61. The van der Waals surface area contributed by atoms with E-state index in [1.54, 1.807) is 24.3 Å². The van der Waals surface area contributed by atoms with Crippen LogP contribution in [-0.4, -0.2) is 7.05 Å². The van der Waals surface area contributed by atoms with Crippen molar-refractivity contribution in [1.29, 1.82) is 0 Å². The Labute approximate surface area is 109 Å². The monoisotopic (exact) mass is 269 g/mol. The number of thiophene rings is 1. The molecule has 1 nitrogen and oxygen atoms in total. The Morgan fingerprint density at radius 2 is 2.12 bits per heavy atom. The molecule has 0 aliphatic carbocycles. The van der Waals surface area contributed by atoms with E-state index in [0.717, 1.165) is 17.7 Å². The SMILES string of the molecule is CNCc1cc(-c2cc(C)c(F)cc2Cl)cs1. The van der Waals surface area contributed by atoms with E-state index >= 15 is 0 Å². The van der Waals surface area contributed by atoms with E-state index in [0.29, 0.717) is 10.6 Å². The van der Waals surface area contributed by atoms with Crippen LogP contribution in [-0.2, 0) is 6.54 Å². The molecule has 0 saturated heterocycles. The lowest BCUT2D eigenvalue weighted by molar-refractivity contribution is 0.619. The summed E-state index contributed by atoms with van der Waals surface area (Å²) in [7, 11) is 1.91. The van der Waals surface area contributed by atoms with Gasteiger partial charge in [0, 0.05) is 17.0 Å². The molecule has 0 spiro atoms. The Kier molecular flexibility index (Phi) is 3.82. The number of hydrogen-bond acceptors (Lipinski definition) is 2. The van der Waals surface area contributed by atoms with Crippen molar-refractivity contribution < 1.29 is 4.39 Å². The predicted octanol–water partition coefficient (Wildman–Crippen LogP) is 4.24. The number of nitrogens with one attached hydrogen (secondary N) is 1. The zero-order chi connectivity index (χ0) is 12.4. The first kappa shape index (κ1) is 12.6. The largest absolute Gasteiger partial charge is 0.315 e. The summed E-state index contributed by atoms with van der Waals surface area (Å²) in [6, 6.07) is 5.25. The molecule has 2 rings (SSSR count). The van der Waals surface area contributed by atoms with Gasteiger partial charge < -0.3 is 5.32 Å². The second-order valence-corrected chi connectivity index (χ2v) is 5.32. The summed E-state index contributed by atoms with van der Waals surface area (Å²) in [6.45, 7) is 2.58. The van der Waals surface area contributed by atoms with Gasteiger partial charge >= 0.3 is 0 Å². The summed E-state index contributed by atoms with van der Waals surface area (Å²) < 4.78 is 13.3. The molecule has 0 amide bonds. The zero-order valence-corrected chi connectivity index (χ0v) is 11.3. The minimum atomic E-state index is -0.260. The minimum absolute atomic E-state index is 0.260. The second kappa shape index (κ2) is 5.17. The third-order valence-corrected chi connectivity index (χ3v) is 3.81. The highest BCUT2D eigenvalue weighted by Crippen LogP contribution is 2.33. The highest BCUT2D eigenvalue weighted by molar-refractivity contribution is 7.10. The molecule has 17 heavy (non-hydrogen) atoms. The van der Waals surface area contributed by atoms with Crippen molar-refractivity contribution in [1.82, 2.24) is 5.32 Å². The summed E-state index contributed by atoms with van der Waals surface area (Å²) in [5.74, 6) is -0.260. The van der Waals surface area contributed by atoms with Crippen LogP contribution < -0.4 is 5.32 Å². The third kappa shape index (κ3) is 2.68. The average Bonchev–Trinajstić information content (AvgIpc) is 2.72. The highest BCUT2D eigenvalue weighted by Gasteiger charge is 2.09. The van der Waals surface area contributed by atoms with E-state index in [4.69, 9.17) is 11.6 Å². The normalized spacial score (nSPS) is 10.8. The molecule has 0 bridgehead atoms. The zero-order valence-electron chi connectivity index (χ0n) is 9.68. The maximum absolute atomic E-state index is 13.3. The molecule has 0 atom stereocenters. The van der Waals surface area contributed by atoms with Gasteiger partial charge in [-0.1, -0.05) is 11.6 Å². The van der Waals surface area contributed by atoms with E-state index in [1.807, 2.05) is 12.4 Å². The first-order chi connectivity index (χ1) is 8.11. The van der Waals surface area contributed by atoms with Crippen molar-refractivity contribution in [3.63, 3.8) is 0 Å². The topological polar surface area (TPSA) is 12.0 Å². The van der Waals surface area contributed by atoms with Crippen LogP contribution in [0.15, 0.2) is 23.6 Å². The van der Waals surface area contributed by atoms with Gasteiger partial charge in [0.05, 0.1) is 5.02 Å². The number of aryl methyl sites for hydroxylation is 1. The minimum Gasteiger partial charge on any atom is -0.315 e. The molecular formula is C13H13ClFNS. The van der Waals surface area contributed by atoms with Crippen LogP contribution in [0.1, 0.15) is 10.4 Å². The fraction of sp³-hybridized carbons (Fsp3) is 0.231. The van der Waals surface area contributed by atoms with Gasteiger partial charge in [-0.25, -0.2) is 4.39 Å². The molecule has 0 aliphatic heterocycles. The number of benzene rings is 1. The van der Waals surface area contributed by atoms with Crippen LogP contribution in [0.4, 0.5) is 4.39 Å². The molecule has 2 aromatic rings. The molecule has 1 aromatic heterocycles. The van der Waals surface area contributed by atoms with Gasteiger partial charge in [0.2, 0.25) is 0 Å². The molecule has 0 unspecified atom stereocenters. The summed E-state index contributed by atoms with van der Waals surface area (Å²) in [6.07, 6.45) is 0. The van der Waals surface area contributed by atoms with Crippen LogP contribution in [0, 0.1) is 12.7 Å². The summed E-state index contributed by atoms with van der Waals surface area (Å²) >= 11 is 7.74. The van der Waals surface area contributed by atoms with E-state index in [9.17, 15) is 4.39 Å². The molecule has 0 saturated carbocycles. The number of rotatable bonds is 3. The van der Waals surface area contributed by atoms with E-state index in [-0.39, 0.29) is 5.82 Å². The van der Waals surface area contributed by atoms with Gasteiger partial charge in [-0.15, -0.1) is 11.3 Å². The molecule has 90 valence electrons. The van der Waals surface area contributed by atoms with Crippen LogP contribution in [0.2, 0.25) is 5.02 Å². The van der Waals surface area contributed by atoms with Crippen molar-refractivity contribution >= 4 is 22.9 Å². The van der Waals surface area contributed by atoms with Crippen molar-refractivity contribution in [2.45, 2.75) is 13.5 Å².